The molecule has 2 aromatic carbocycles. The summed E-state index contributed by atoms with van der Waals surface area (Å²) in [6.45, 7) is 0. The van der Waals surface area contributed by atoms with Crippen LogP contribution in [-0.2, 0) is 17.1 Å². The molecule has 2 aromatic rings. The molecule has 4 heteroatoms. The van der Waals surface area contributed by atoms with E-state index in [2.05, 4.69) is 43.6 Å². The molecular weight excluding hydrogens is 347 g/mol. The van der Waals surface area contributed by atoms with Crippen LogP contribution < -0.4 is 5.46 Å². The Labute approximate surface area is 112 Å². The SMILES string of the molecule is BrB(Br)[c-]1cccc1.[Fe].[cH-]1[cH-][cH-][cH-][cH-]1. The largest absolute Gasteiger partial charge is 0.748 e. The van der Waals surface area contributed by atoms with Crippen molar-refractivity contribution in [2.75, 3.05) is 0 Å². The Morgan fingerprint density at radius 1 is 0.857 bits per heavy atom. The van der Waals surface area contributed by atoms with E-state index in [4.69, 9.17) is 0 Å². The van der Waals surface area contributed by atoms with Gasteiger partial charge in [-0.3, -0.25) is 0 Å². The van der Waals surface area contributed by atoms with Gasteiger partial charge < -0.3 is 30.3 Å². The number of halogens is 2. The molecular formula is C10H9BBr2Fe-6. The van der Waals surface area contributed by atoms with Crippen molar-refractivity contribution in [1.82, 2.24) is 0 Å². The smallest absolute Gasteiger partial charge is 0.266 e. The van der Waals surface area contributed by atoms with Crippen molar-refractivity contribution in [3.8, 4) is 0 Å². The monoisotopic (exact) mass is 354 g/mol. The van der Waals surface area contributed by atoms with E-state index in [1.165, 1.54) is 5.46 Å². The molecule has 0 aliphatic carbocycles. The predicted octanol–water partition coefficient (Wildman–Crippen LogP) is 3.29. The Kier molecular flexibility index (Phi) is 8.69. The molecule has 0 fully saturated rings. The summed E-state index contributed by atoms with van der Waals surface area (Å²) in [5.74, 6) is 0. The fourth-order valence-electron chi connectivity index (χ4n) is 0.855. The molecule has 0 aliphatic heterocycles. The Balaban J connectivity index is 0.000000246. The van der Waals surface area contributed by atoms with Gasteiger partial charge in [0.1, 0.15) is 0 Å². The van der Waals surface area contributed by atoms with E-state index in [1.807, 2.05) is 42.5 Å². The van der Waals surface area contributed by atoms with Crippen LogP contribution in [0.3, 0.4) is 0 Å². The van der Waals surface area contributed by atoms with E-state index in [-0.39, 0.29) is 17.1 Å². The number of hydrogen-bond donors (Lipinski definition) is 0. The average molecular weight is 356 g/mol. The topological polar surface area (TPSA) is 0 Å². The zero-order valence-corrected chi connectivity index (χ0v) is 11.7. The normalized spacial score (nSPS) is 8.14. The fourth-order valence-corrected chi connectivity index (χ4v) is 1.47. The van der Waals surface area contributed by atoms with Gasteiger partial charge in [-0.25, -0.2) is 12.1 Å². The zero-order chi connectivity index (χ0) is 9.52. The summed E-state index contributed by atoms with van der Waals surface area (Å²) in [4.78, 5) is 0. The Bertz CT molecular complexity index is 273. The minimum absolute atomic E-state index is 0. The van der Waals surface area contributed by atoms with E-state index in [0.29, 0.717) is 4.36 Å². The first-order valence-corrected chi connectivity index (χ1v) is 5.80. The van der Waals surface area contributed by atoms with Gasteiger partial charge >= 0.3 is 0 Å². The molecule has 0 atom stereocenters. The van der Waals surface area contributed by atoms with Gasteiger partial charge in [0.15, 0.2) is 0 Å². The minimum atomic E-state index is 0. The molecule has 0 aliphatic rings. The van der Waals surface area contributed by atoms with Gasteiger partial charge in [-0.2, -0.15) is 49.1 Å². The summed E-state index contributed by atoms with van der Waals surface area (Å²) < 4.78 is 0.310. The van der Waals surface area contributed by atoms with Gasteiger partial charge in [-0.1, -0.05) is 0 Å². The quantitative estimate of drug-likeness (QED) is 0.544. The molecule has 2 rings (SSSR count). The molecule has 0 spiro atoms. The first-order chi connectivity index (χ1) is 6.30. The van der Waals surface area contributed by atoms with Crippen LogP contribution in [0.4, 0.5) is 0 Å². The van der Waals surface area contributed by atoms with Crippen LogP contribution in [0.25, 0.3) is 0 Å². The number of hydrogen-bond acceptors (Lipinski definition) is 0. The Hall–Kier alpha value is 0.244. The molecule has 0 unspecified atom stereocenters. The third-order valence-corrected chi connectivity index (χ3v) is 2.55. The van der Waals surface area contributed by atoms with Crippen molar-refractivity contribution in [3.63, 3.8) is 0 Å². The fraction of sp³-hybridized carbons (Fsp3) is 0. The van der Waals surface area contributed by atoms with Crippen LogP contribution in [0.15, 0.2) is 54.6 Å². The second kappa shape index (κ2) is 8.54. The maximum Gasteiger partial charge on any atom is 0.266 e. The van der Waals surface area contributed by atoms with Crippen molar-refractivity contribution in [2.45, 2.75) is 0 Å². The molecule has 0 aromatic heterocycles. The zero-order valence-electron chi connectivity index (χ0n) is 7.38. The van der Waals surface area contributed by atoms with Gasteiger partial charge in [-0.15, -0.1) is 0 Å². The summed E-state index contributed by atoms with van der Waals surface area (Å²) in [6, 6.07) is 18.2. The molecule has 0 radical (unpaired) electrons. The summed E-state index contributed by atoms with van der Waals surface area (Å²) in [5, 5.41) is 0. The number of rotatable bonds is 1. The van der Waals surface area contributed by atoms with Gasteiger partial charge in [-0.05, 0) is 0 Å². The van der Waals surface area contributed by atoms with E-state index in [1.54, 1.807) is 0 Å². The maximum atomic E-state index is 3.38. The van der Waals surface area contributed by atoms with Crippen molar-refractivity contribution in [2.24, 2.45) is 0 Å². The second-order valence-electron chi connectivity index (χ2n) is 2.48. The van der Waals surface area contributed by atoms with Gasteiger partial charge in [0.2, 0.25) is 0 Å². The van der Waals surface area contributed by atoms with E-state index < -0.39 is 0 Å². The Morgan fingerprint density at radius 2 is 1.21 bits per heavy atom. The minimum Gasteiger partial charge on any atom is -0.748 e. The second-order valence-corrected chi connectivity index (χ2v) is 5.54. The van der Waals surface area contributed by atoms with Crippen molar-refractivity contribution < 1.29 is 17.1 Å². The van der Waals surface area contributed by atoms with Gasteiger partial charge in [0.25, 0.3) is 4.36 Å². The maximum absolute atomic E-state index is 3.38. The molecule has 0 bridgehead atoms. The standard InChI is InChI=1S/C5H4BBr2.C5H5.Fe/c7-6(8)5-3-1-2-4-5;1-2-4-5-3-1;/h1-4H;1-5H;/q-1;-5;. The van der Waals surface area contributed by atoms with Crippen molar-refractivity contribution in [1.29, 1.82) is 0 Å². The van der Waals surface area contributed by atoms with Crippen LogP contribution in [-0.4, -0.2) is 4.36 Å². The molecule has 0 saturated heterocycles. The van der Waals surface area contributed by atoms with Crippen LogP contribution in [0.5, 0.6) is 0 Å². The van der Waals surface area contributed by atoms with Gasteiger partial charge in [0, 0.05) is 17.1 Å². The summed E-state index contributed by atoms with van der Waals surface area (Å²) in [6.07, 6.45) is 0. The van der Waals surface area contributed by atoms with Crippen LogP contribution >= 0.6 is 31.5 Å². The van der Waals surface area contributed by atoms with E-state index >= 15 is 0 Å². The molecule has 80 valence electrons. The third-order valence-electron chi connectivity index (χ3n) is 1.50. The average Bonchev–Trinajstić information content (AvgIpc) is 2.82. The molecule has 0 amide bonds. The molecule has 0 heterocycles. The molecule has 0 N–H and O–H groups in total. The van der Waals surface area contributed by atoms with Crippen molar-refractivity contribution in [3.05, 3.63) is 54.6 Å². The summed E-state index contributed by atoms with van der Waals surface area (Å²) in [7, 11) is 0. The van der Waals surface area contributed by atoms with Gasteiger partial charge in [0.05, 0.1) is 0 Å². The first kappa shape index (κ1) is 14.2. The van der Waals surface area contributed by atoms with Crippen molar-refractivity contribution >= 4 is 41.3 Å². The third kappa shape index (κ3) is 5.87. The van der Waals surface area contributed by atoms with Crippen LogP contribution in [0, 0.1) is 0 Å². The summed E-state index contributed by atoms with van der Waals surface area (Å²) in [5.41, 5.74) is 1.27. The molecule has 14 heavy (non-hydrogen) atoms. The van der Waals surface area contributed by atoms with Crippen LogP contribution in [0.1, 0.15) is 0 Å². The summed E-state index contributed by atoms with van der Waals surface area (Å²) >= 11 is 6.76. The predicted molar refractivity (Wildman–Crippen MR) is 67.3 cm³/mol. The molecule has 0 nitrogen and oxygen atoms in total. The van der Waals surface area contributed by atoms with Crippen LogP contribution in [0.2, 0.25) is 0 Å². The van der Waals surface area contributed by atoms with E-state index in [9.17, 15) is 0 Å². The van der Waals surface area contributed by atoms with E-state index in [0.717, 1.165) is 0 Å². The Morgan fingerprint density at radius 3 is 1.43 bits per heavy atom. The molecule has 0 saturated carbocycles. The first-order valence-electron chi connectivity index (χ1n) is 3.97.